The minimum Gasteiger partial charge on any atom is -0.479 e. The summed E-state index contributed by atoms with van der Waals surface area (Å²) >= 11 is 0. The third kappa shape index (κ3) is 38.8. The second-order valence-electron chi connectivity index (χ2n) is 18.8. The first kappa shape index (κ1) is 66.7. The van der Waals surface area contributed by atoms with Gasteiger partial charge in [0, 0.05) is 19.3 Å². The second kappa shape index (κ2) is 48.6. The van der Waals surface area contributed by atoms with E-state index in [0.29, 0.717) is 19.3 Å². The maximum atomic E-state index is 13.1. The van der Waals surface area contributed by atoms with Crippen LogP contribution in [0.1, 0.15) is 213 Å². The van der Waals surface area contributed by atoms with Crippen molar-refractivity contribution < 1.29 is 58.2 Å². The molecule has 12 nitrogen and oxygen atoms in total. The lowest BCUT2D eigenvalue weighted by molar-refractivity contribution is -0.301. The van der Waals surface area contributed by atoms with Crippen LogP contribution in [0.25, 0.3) is 0 Å². The molecule has 0 spiro atoms. The molecule has 6 atom stereocenters. The molecule has 12 heteroatoms. The number of ether oxygens (including phenoxy) is 5. The highest BCUT2D eigenvalue weighted by atomic mass is 16.7. The maximum absolute atomic E-state index is 13.1. The Balaban J connectivity index is 2.74. The van der Waals surface area contributed by atoms with Gasteiger partial charge in [-0.25, -0.2) is 4.79 Å². The molecular formula is C61H98O12. The van der Waals surface area contributed by atoms with E-state index in [4.69, 9.17) is 23.7 Å². The van der Waals surface area contributed by atoms with E-state index in [9.17, 15) is 34.5 Å². The zero-order valence-electron chi connectivity index (χ0n) is 45.3. The Kier molecular flexibility index (Phi) is 44.4. The lowest BCUT2D eigenvalue weighted by atomic mass is 9.98. The Morgan fingerprint density at radius 1 is 0.466 bits per heavy atom. The number of hydrogen-bond donors (Lipinski definition) is 3. The number of hydrogen-bond acceptors (Lipinski definition) is 11. The Morgan fingerprint density at radius 3 is 1.33 bits per heavy atom. The van der Waals surface area contributed by atoms with Gasteiger partial charge in [-0.3, -0.25) is 14.4 Å². The summed E-state index contributed by atoms with van der Waals surface area (Å²) in [7, 11) is 0. The van der Waals surface area contributed by atoms with E-state index >= 15 is 0 Å². The van der Waals surface area contributed by atoms with Crippen molar-refractivity contribution in [2.45, 2.75) is 250 Å². The monoisotopic (exact) mass is 1020 g/mol. The van der Waals surface area contributed by atoms with Crippen LogP contribution in [0.5, 0.6) is 0 Å². The number of allylic oxidation sites excluding steroid dienone is 16. The zero-order chi connectivity index (χ0) is 53.3. The summed E-state index contributed by atoms with van der Waals surface area (Å²) in [6.45, 7) is 5.66. The first-order chi connectivity index (χ1) is 35.6. The predicted octanol–water partition coefficient (Wildman–Crippen LogP) is 14.1. The van der Waals surface area contributed by atoms with Crippen LogP contribution in [0, 0.1) is 0 Å². The van der Waals surface area contributed by atoms with Gasteiger partial charge in [-0.1, -0.05) is 176 Å². The molecule has 3 N–H and O–H groups in total. The van der Waals surface area contributed by atoms with E-state index < -0.39 is 67.3 Å². The topological polar surface area (TPSA) is 175 Å². The molecule has 1 fully saturated rings. The SMILES string of the molecule is CC/C=C\C/C=C\C/C=C\CCCCCC(=O)OCC(COC1OC(C(=O)O)C(O)C(O)C1OC(=O)CCCCCCCCC/C=C\C/C=C\CCCCC)OC(=O)CCCCC/C=C\C/C=C\C/C=C\CC. The fraction of sp³-hybridized carbons (Fsp3) is 0.672. The Hall–Kier alpha value is -4.36. The molecule has 6 unspecified atom stereocenters. The summed E-state index contributed by atoms with van der Waals surface area (Å²) in [5.74, 6) is -3.22. The highest BCUT2D eigenvalue weighted by Crippen LogP contribution is 2.26. The molecule has 1 heterocycles. The van der Waals surface area contributed by atoms with Crippen LogP contribution < -0.4 is 0 Å². The van der Waals surface area contributed by atoms with Gasteiger partial charge < -0.3 is 39.0 Å². The average Bonchev–Trinajstić information content (AvgIpc) is 3.37. The number of carboxylic acids is 1. The summed E-state index contributed by atoms with van der Waals surface area (Å²) in [5, 5.41) is 31.4. The van der Waals surface area contributed by atoms with Crippen LogP contribution in [0.2, 0.25) is 0 Å². The van der Waals surface area contributed by atoms with Crippen LogP contribution in [0.15, 0.2) is 97.2 Å². The van der Waals surface area contributed by atoms with Crippen molar-refractivity contribution in [2.75, 3.05) is 13.2 Å². The van der Waals surface area contributed by atoms with E-state index in [0.717, 1.165) is 135 Å². The van der Waals surface area contributed by atoms with Gasteiger partial charge in [0.15, 0.2) is 24.6 Å². The van der Waals surface area contributed by atoms with E-state index in [2.05, 4.69) is 118 Å². The number of carboxylic acid groups (broad SMARTS) is 1. The summed E-state index contributed by atoms with van der Waals surface area (Å²) in [6, 6.07) is 0. The van der Waals surface area contributed by atoms with Crippen LogP contribution in [-0.4, -0.2) is 89.2 Å². The van der Waals surface area contributed by atoms with Gasteiger partial charge >= 0.3 is 23.9 Å². The van der Waals surface area contributed by atoms with Gasteiger partial charge in [-0.15, -0.1) is 0 Å². The van der Waals surface area contributed by atoms with Crippen molar-refractivity contribution in [3.05, 3.63) is 97.2 Å². The van der Waals surface area contributed by atoms with E-state index in [1.165, 1.54) is 19.3 Å². The molecule has 0 aromatic heterocycles. The quantitative estimate of drug-likeness (QED) is 0.0228. The van der Waals surface area contributed by atoms with Crippen molar-refractivity contribution >= 4 is 23.9 Å². The normalized spacial score (nSPS) is 19.1. The van der Waals surface area contributed by atoms with Crippen LogP contribution >= 0.6 is 0 Å². The Morgan fingerprint density at radius 2 is 0.863 bits per heavy atom. The molecule has 414 valence electrons. The molecule has 0 aromatic rings. The fourth-order valence-corrected chi connectivity index (χ4v) is 7.84. The number of aliphatic carboxylic acids is 1. The smallest absolute Gasteiger partial charge is 0.335 e. The predicted molar refractivity (Wildman–Crippen MR) is 294 cm³/mol. The molecule has 1 saturated heterocycles. The summed E-state index contributed by atoms with van der Waals surface area (Å²) in [4.78, 5) is 51.0. The minimum absolute atomic E-state index is 0.0407. The van der Waals surface area contributed by atoms with E-state index in [-0.39, 0.29) is 25.9 Å². The van der Waals surface area contributed by atoms with Gasteiger partial charge in [0.1, 0.15) is 18.8 Å². The second-order valence-corrected chi connectivity index (χ2v) is 18.8. The minimum atomic E-state index is -1.92. The molecule has 0 bridgehead atoms. The molecule has 0 amide bonds. The van der Waals surface area contributed by atoms with Crippen molar-refractivity contribution in [2.24, 2.45) is 0 Å². The third-order valence-electron chi connectivity index (χ3n) is 12.1. The number of carbonyl (C=O) groups excluding carboxylic acids is 3. The number of carbonyl (C=O) groups is 4. The standard InChI is InChI=1S/C61H98O12/c1-4-7-10-13-16-19-22-25-26-27-28-31-34-37-40-43-46-49-55(64)72-59-57(66)56(65)58(60(67)68)73-61(59)70-51-52(71-54(63)48-45-42-39-36-33-30-24-21-18-15-12-9-6-3)50-69-53(62)47-44-41-38-35-32-29-23-20-17-14-11-8-5-2/h8-9,11-12,16-21,25-26,29-30,32-33,52,56-59,61,65-66H,4-7,10,13-15,22-24,27-28,31,34-51H2,1-3H3,(H,67,68)/b11-8-,12-9-,19-16-,20-17-,21-18-,26-25-,32-29-,33-30-. The highest BCUT2D eigenvalue weighted by molar-refractivity contribution is 5.74. The number of unbranched alkanes of at least 4 members (excludes halogenated alkanes) is 16. The highest BCUT2D eigenvalue weighted by Gasteiger charge is 2.50. The molecule has 1 aliphatic heterocycles. The molecular weight excluding hydrogens is 925 g/mol. The van der Waals surface area contributed by atoms with E-state index in [1.807, 2.05) is 0 Å². The Labute approximate surface area is 441 Å². The van der Waals surface area contributed by atoms with Crippen LogP contribution in [0.3, 0.4) is 0 Å². The van der Waals surface area contributed by atoms with Crippen molar-refractivity contribution in [1.29, 1.82) is 0 Å². The third-order valence-corrected chi connectivity index (χ3v) is 12.1. The van der Waals surface area contributed by atoms with Gasteiger partial charge in [0.05, 0.1) is 6.61 Å². The molecule has 0 saturated carbocycles. The first-order valence-corrected chi connectivity index (χ1v) is 28.2. The van der Waals surface area contributed by atoms with E-state index in [1.54, 1.807) is 0 Å². The number of aliphatic hydroxyl groups is 2. The number of esters is 3. The molecule has 1 aliphatic rings. The molecule has 1 rings (SSSR count). The summed E-state index contributed by atoms with van der Waals surface area (Å²) in [5.41, 5.74) is 0. The fourth-order valence-electron chi connectivity index (χ4n) is 7.84. The van der Waals surface area contributed by atoms with Crippen molar-refractivity contribution in [3.8, 4) is 0 Å². The van der Waals surface area contributed by atoms with Gasteiger partial charge in [0.2, 0.25) is 0 Å². The van der Waals surface area contributed by atoms with Crippen LogP contribution in [0.4, 0.5) is 0 Å². The maximum Gasteiger partial charge on any atom is 0.335 e. The Bertz CT molecular complexity index is 1640. The van der Waals surface area contributed by atoms with Crippen LogP contribution in [-0.2, 0) is 42.9 Å². The van der Waals surface area contributed by atoms with Crippen molar-refractivity contribution in [3.63, 3.8) is 0 Å². The molecule has 0 radical (unpaired) electrons. The summed E-state index contributed by atoms with van der Waals surface area (Å²) in [6.07, 6.45) is 51.0. The molecule has 73 heavy (non-hydrogen) atoms. The van der Waals surface area contributed by atoms with Gasteiger partial charge in [-0.05, 0) is 116 Å². The molecule has 0 aliphatic carbocycles. The molecule has 0 aromatic carbocycles. The van der Waals surface area contributed by atoms with Gasteiger partial charge in [-0.2, -0.15) is 0 Å². The summed E-state index contributed by atoms with van der Waals surface area (Å²) < 4.78 is 28.3. The van der Waals surface area contributed by atoms with Gasteiger partial charge in [0.25, 0.3) is 0 Å². The number of rotatable bonds is 46. The largest absolute Gasteiger partial charge is 0.479 e. The number of aliphatic hydroxyl groups excluding tert-OH is 2. The first-order valence-electron chi connectivity index (χ1n) is 28.2. The lowest BCUT2D eigenvalue weighted by Gasteiger charge is -2.40. The van der Waals surface area contributed by atoms with Crippen molar-refractivity contribution in [1.82, 2.24) is 0 Å². The zero-order valence-corrected chi connectivity index (χ0v) is 45.3. The lowest BCUT2D eigenvalue weighted by Crippen LogP contribution is -2.61. The average molecular weight is 1020 g/mol.